The van der Waals surface area contributed by atoms with Gasteiger partial charge in [-0.25, -0.2) is 4.98 Å². The monoisotopic (exact) mass is 399 g/mol. The average molecular weight is 399 g/mol. The van der Waals surface area contributed by atoms with E-state index in [1.54, 1.807) is 23.6 Å². The second kappa shape index (κ2) is 8.13. The lowest BCUT2D eigenvalue weighted by molar-refractivity contribution is -0.118. The van der Waals surface area contributed by atoms with E-state index < -0.39 is 0 Å². The number of para-hydroxylation sites is 1. The summed E-state index contributed by atoms with van der Waals surface area (Å²) in [6.45, 7) is 1.87. The number of aromatic nitrogens is 2. The van der Waals surface area contributed by atoms with E-state index in [-0.39, 0.29) is 12.5 Å². The predicted octanol–water partition coefficient (Wildman–Crippen LogP) is 4.67. The average Bonchev–Trinajstić information content (AvgIpc) is 3.17. The third-order valence-electron chi connectivity index (χ3n) is 4.27. The molecule has 4 rings (SSSR count). The van der Waals surface area contributed by atoms with Gasteiger partial charge in [-0.05, 0) is 48.9 Å². The number of hydrogen-bond acceptors (Lipinski definition) is 5. The van der Waals surface area contributed by atoms with Gasteiger partial charge in [0.2, 0.25) is 0 Å². The van der Waals surface area contributed by atoms with E-state index in [2.05, 4.69) is 21.2 Å². The maximum Gasteiger partial charge on any atom is 0.262 e. The van der Waals surface area contributed by atoms with E-state index in [4.69, 9.17) is 11.2 Å². The molecule has 0 saturated carbocycles. The number of aryl methyl sites for hydroxylation is 1. The summed E-state index contributed by atoms with van der Waals surface area (Å²) in [5, 5.41) is 3.59. The van der Waals surface area contributed by atoms with Crippen molar-refractivity contribution in [2.24, 2.45) is 0 Å². The van der Waals surface area contributed by atoms with Gasteiger partial charge >= 0.3 is 0 Å². The Bertz CT molecular complexity index is 1220. The van der Waals surface area contributed by atoms with Crippen LogP contribution in [0.25, 0.3) is 20.9 Å². The van der Waals surface area contributed by atoms with Gasteiger partial charge in [-0.1, -0.05) is 24.1 Å². The van der Waals surface area contributed by atoms with Crippen molar-refractivity contribution in [3.8, 4) is 28.8 Å². The molecule has 0 radical (unpaired) electrons. The number of amides is 1. The molecule has 5 nitrogen and oxygen atoms in total. The first-order chi connectivity index (χ1) is 14.1. The van der Waals surface area contributed by atoms with Crippen molar-refractivity contribution in [3.05, 3.63) is 71.9 Å². The van der Waals surface area contributed by atoms with Gasteiger partial charge in [0, 0.05) is 5.56 Å². The summed E-state index contributed by atoms with van der Waals surface area (Å²) in [6.07, 6.45) is 7.06. The molecular formula is C23H17N3O2S. The van der Waals surface area contributed by atoms with E-state index >= 15 is 0 Å². The number of pyridine rings is 1. The van der Waals surface area contributed by atoms with E-state index in [1.165, 1.54) is 0 Å². The summed E-state index contributed by atoms with van der Waals surface area (Å²) in [5.41, 5.74) is 3.98. The Morgan fingerprint density at radius 1 is 1.21 bits per heavy atom. The lowest BCUT2D eigenvalue weighted by atomic mass is 10.2. The van der Waals surface area contributed by atoms with E-state index in [1.807, 2.05) is 55.5 Å². The molecule has 1 amide bonds. The maximum absolute atomic E-state index is 12.1. The van der Waals surface area contributed by atoms with Crippen LogP contribution in [-0.4, -0.2) is 22.5 Å². The minimum absolute atomic E-state index is 0.0675. The van der Waals surface area contributed by atoms with Crippen LogP contribution in [0.3, 0.4) is 0 Å². The zero-order chi connectivity index (χ0) is 20.2. The lowest BCUT2D eigenvalue weighted by Gasteiger charge is -2.09. The van der Waals surface area contributed by atoms with Gasteiger partial charge in [0.15, 0.2) is 6.61 Å². The van der Waals surface area contributed by atoms with Crippen LogP contribution in [0, 0.1) is 19.3 Å². The molecule has 6 heteroatoms. The van der Waals surface area contributed by atoms with Crippen LogP contribution in [0.2, 0.25) is 0 Å². The van der Waals surface area contributed by atoms with Crippen molar-refractivity contribution in [2.45, 2.75) is 6.92 Å². The van der Waals surface area contributed by atoms with Gasteiger partial charge in [-0.3, -0.25) is 9.78 Å². The van der Waals surface area contributed by atoms with Crippen LogP contribution in [0.1, 0.15) is 11.1 Å². The summed E-state index contributed by atoms with van der Waals surface area (Å²) in [4.78, 5) is 21.2. The summed E-state index contributed by atoms with van der Waals surface area (Å²) in [7, 11) is 0. The number of hydrogen-bond donors (Lipinski definition) is 1. The molecule has 0 aliphatic carbocycles. The largest absolute Gasteiger partial charge is 0.483 e. The van der Waals surface area contributed by atoms with Crippen LogP contribution in [0.15, 0.2) is 60.8 Å². The summed E-state index contributed by atoms with van der Waals surface area (Å²) < 4.78 is 6.61. The van der Waals surface area contributed by atoms with Crippen LogP contribution < -0.4 is 10.1 Å². The van der Waals surface area contributed by atoms with Crippen molar-refractivity contribution < 1.29 is 9.53 Å². The number of thiazole rings is 1. The second-order valence-electron chi connectivity index (χ2n) is 6.38. The van der Waals surface area contributed by atoms with Gasteiger partial charge in [0.25, 0.3) is 5.91 Å². The van der Waals surface area contributed by atoms with E-state index in [9.17, 15) is 4.79 Å². The molecule has 29 heavy (non-hydrogen) atoms. The van der Waals surface area contributed by atoms with Crippen molar-refractivity contribution in [2.75, 3.05) is 11.9 Å². The molecule has 142 valence electrons. The molecule has 4 aromatic rings. The first-order valence-electron chi connectivity index (χ1n) is 8.94. The Hall–Kier alpha value is -3.69. The van der Waals surface area contributed by atoms with Gasteiger partial charge < -0.3 is 10.1 Å². The van der Waals surface area contributed by atoms with Crippen LogP contribution in [0.4, 0.5) is 5.69 Å². The van der Waals surface area contributed by atoms with Crippen molar-refractivity contribution in [1.82, 2.24) is 9.97 Å². The molecule has 0 atom stereocenters. The van der Waals surface area contributed by atoms with Crippen molar-refractivity contribution in [1.29, 1.82) is 0 Å². The Balaban J connectivity index is 1.42. The molecule has 2 aromatic heterocycles. The number of carbonyl (C=O) groups is 1. The Labute approximate surface area is 172 Å². The number of carbonyl (C=O) groups excluding carboxylic acids is 1. The molecule has 2 aromatic carbocycles. The normalized spacial score (nSPS) is 10.5. The molecular weight excluding hydrogens is 382 g/mol. The summed E-state index contributed by atoms with van der Waals surface area (Å²) >= 11 is 1.55. The highest BCUT2D eigenvalue weighted by Gasteiger charge is 2.10. The number of fused-ring (bicyclic) bond motifs is 1. The van der Waals surface area contributed by atoms with Gasteiger partial charge in [0.05, 0.1) is 27.8 Å². The standard InChI is InChI=1S/C23H17N3O2S/c1-3-16-8-11-21-19(12-16)26-23(29-21)18-10-9-17(13-24-18)25-22(27)14-28-20-7-5-4-6-15(20)2/h1,4-13H,14H2,2H3,(H,25,27). The van der Waals surface area contributed by atoms with Gasteiger partial charge in [-0.15, -0.1) is 17.8 Å². The molecule has 0 fully saturated rings. The molecule has 0 aliphatic heterocycles. The number of ether oxygens (including phenoxy) is 1. The number of nitrogens with zero attached hydrogens (tertiary/aromatic N) is 2. The fourth-order valence-corrected chi connectivity index (χ4v) is 3.70. The minimum Gasteiger partial charge on any atom is -0.483 e. The Kier molecular flexibility index (Phi) is 5.23. The van der Waals surface area contributed by atoms with Gasteiger partial charge in [0.1, 0.15) is 10.8 Å². The predicted molar refractivity (Wildman–Crippen MR) is 116 cm³/mol. The topological polar surface area (TPSA) is 64.1 Å². The van der Waals surface area contributed by atoms with Crippen LogP contribution in [-0.2, 0) is 4.79 Å². The molecule has 0 saturated heterocycles. The number of anilines is 1. The Morgan fingerprint density at radius 2 is 2.07 bits per heavy atom. The second-order valence-corrected chi connectivity index (χ2v) is 7.41. The molecule has 0 aliphatic rings. The SMILES string of the molecule is C#Cc1ccc2sc(-c3ccc(NC(=O)COc4ccccc4C)cn3)nc2c1. The number of terminal acetylenes is 1. The van der Waals surface area contributed by atoms with Crippen molar-refractivity contribution in [3.63, 3.8) is 0 Å². The molecule has 2 heterocycles. The van der Waals surface area contributed by atoms with E-state index in [0.29, 0.717) is 11.4 Å². The first-order valence-corrected chi connectivity index (χ1v) is 9.76. The molecule has 1 N–H and O–H groups in total. The number of nitrogens with one attached hydrogen (secondary N) is 1. The smallest absolute Gasteiger partial charge is 0.262 e. The third kappa shape index (κ3) is 4.26. The highest BCUT2D eigenvalue weighted by atomic mass is 32.1. The molecule has 0 unspecified atom stereocenters. The Morgan fingerprint density at radius 3 is 2.83 bits per heavy atom. The van der Waals surface area contributed by atoms with Gasteiger partial charge in [-0.2, -0.15) is 0 Å². The fourth-order valence-electron chi connectivity index (χ4n) is 2.78. The quantitative estimate of drug-likeness (QED) is 0.496. The summed E-state index contributed by atoms with van der Waals surface area (Å²) in [6, 6.07) is 17.0. The molecule has 0 bridgehead atoms. The lowest BCUT2D eigenvalue weighted by Crippen LogP contribution is -2.20. The highest BCUT2D eigenvalue weighted by Crippen LogP contribution is 2.29. The maximum atomic E-state index is 12.1. The van der Waals surface area contributed by atoms with Crippen LogP contribution >= 0.6 is 11.3 Å². The highest BCUT2D eigenvalue weighted by molar-refractivity contribution is 7.21. The number of benzene rings is 2. The number of rotatable bonds is 5. The third-order valence-corrected chi connectivity index (χ3v) is 5.33. The molecule has 0 spiro atoms. The zero-order valence-electron chi connectivity index (χ0n) is 15.7. The first kappa shape index (κ1) is 18.7. The minimum atomic E-state index is -0.246. The summed E-state index contributed by atoms with van der Waals surface area (Å²) in [5.74, 6) is 3.06. The van der Waals surface area contributed by atoms with Crippen molar-refractivity contribution >= 4 is 33.1 Å². The zero-order valence-corrected chi connectivity index (χ0v) is 16.5. The van der Waals surface area contributed by atoms with E-state index in [0.717, 1.165) is 32.0 Å². The van der Waals surface area contributed by atoms with Crippen LogP contribution in [0.5, 0.6) is 5.75 Å². The fraction of sp³-hybridized carbons (Fsp3) is 0.0870.